The number of aryl methyl sites for hydroxylation is 3. The first kappa shape index (κ1) is 22.0. The molecule has 6 nitrogen and oxygen atoms in total. The molecule has 162 valence electrons. The van der Waals surface area contributed by atoms with E-state index in [1.807, 2.05) is 69.3 Å². The van der Waals surface area contributed by atoms with Crippen LogP contribution in [0.1, 0.15) is 16.8 Å². The third-order valence-electron chi connectivity index (χ3n) is 4.90. The van der Waals surface area contributed by atoms with Gasteiger partial charge in [0.25, 0.3) is 5.56 Å². The molecule has 0 saturated carbocycles. The molecule has 2 N–H and O–H groups in total. The first-order chi connectivity index (χ1) is 15.4. The van der Waals surface area contributed by atoms with E-state index < -0.39 is 0 Å². The summed E-state index contributed by atoms with van der Waals surface area (Å²) in [7, 11) is 0. The van der Waals surface area contributed by atoms with Gasteiger partial charge in [-0.3, -0.25) is 9.59 Å². The Hall–Kier alpha value is -3.23. The maximum atomic E-state index is 12.4. The van der Waals surface area contributed by atoms with Crippen LogP contribution in [0, 0.1) is 20.8 Å². The highest BCUT2D eigenvalue weighted by Crippen LogP contribution is 2.34. The molecule has 0 radical (unpaired) electrons. The standard InChI is InChI=1S/C24H22N4O2S2/c1-14-9-10-18(11-15(14)2)26-21(30)13-31-24-27-19(12-20(29)28-24)22-16(3)25-23(32-22)17-7-5-4-6-8-17/h4-12H,13H2,1-3H3,(H,26,30)(H,27,28,29). The predicted molar refractivity (Wildman–Crippen MR) is 131 cm³/mol. The Balaban J connectivity index is 1.50. The zero-order valence-corrected chi connectivity index (χ0v) is 19.6. The Morgan fingerprint density at radius 1 is 1.03 bits per heavy atom. The Morgan fingerprint density at radius 2 is 1.81 bits per heavy atom. The number of aromatic amines is 1. The average molecular weight is 463 g/mol. The number of rotatable bonds is 6. The molecule has 0 aliphatic carbocycles. The van der Waals surface area contributed by atoms with Crippen LogP contribution < -0.4 is 10.9 Å². The van der Waals surface area contributed by atoms with Gasteiger partial charge in [-0.05, 0) is 44.0 Å². The fraction of sp³-hybridized carbons (Fsp3) is 0.167. The van der Waals surface area contributed by atoms with E-state index in [0.29, 0.717) is 10.9 Å². The molecule has 4 aromatic rings. The summed E-state index contributed by atoms with van der Waals surface area (Å²) in [5.74, 6) is -0.0253. The summed E-state index contributed by atoms with van der Waals surface area (Å²) in [5.41, 5.74) is 5.17. The van der Waals surface area contributed by atoms with Crippen molar-refractivity contribution < 1.29 is 4.79 Å². The molecule has 0 saturated heterocycles. The van der Waals surface area contributed by atoms with Gasteiger partial charge in [-0.15, -0.1) is 11.3 Å². The zero-order valence-electron chi connectivity index (χ0n) is 17.9. The van der Waals surface area contributed by atoms with E-state index in [4.69, 9.17) is 0 Å². The number of thiazole rings is 1. The van der Waals surface area contributed by atoms with Crippen molar-refractivity contribution in [2.75, 3.05) is 11.1 Å². The minimum Gasteiger partial charge on any atom is -0.325 e. The van der Waals surface area contributed by atoms with Crippen molar-refractivity contribution in [3.05, 3.63) is 81.8 Å². The normalized spacial score (nSPS) is 10.8. The van der Waals surface area contributed by atoms with E-state index in [-0.39, 0.29) is 17.2 Å². The number of benzene rings is 2. The molecule has 8 heteroatoms. The molecule has 4 rings (SSSR count). The van der Waals surface area contributed by atoms with Crippen molar-refractivity contribution in [1.82, 2.24) is 15.0 Å². The van der Waals surface area contributed by atoms with Crippen molar-refractivity contribution in [1.29, 1.82) is 0 Å². The van der Waals surface area contributed by atoms with E-state index in [0.717, 1.165) is 32.4 Å². The van der Waals surface area contributed by atoms with Gasteiger partial charge in [0.15, 0.2) is 5.16 Å². The fourth-order valence-electron chi connectivity index (χ4n) is 3.11. The molecule has 1 amide bonds. The number of aromatic nitrogens is 3. The molecule has 0 unspecified atom stereocenters. The van der Waals surface area contributed by atoms with Gasteiger partial charge in [0.05, 0.1) is 22.0 Å². The van der Waals surface area contributed by atoms with Crippen molar-refractivity contribution >= 4 is 34.7 Å². The van der Waals surface area contributed by atoms with Crippen LogP contribution in [0.4, 0.5) is 5.69 Å². The Labute approximate surface area is 194 Å². The summed E-state index contributed by atoms with van der Waals surface area (Å²) >= 11 is 2.69. The van der Waals surface area contributed by atoms with Gasteiger partial charge in [0.1, 0.15) is 5.01 Å². The van der Waals surface area contributed by atoms with E-state index >= 15 is 0 Å². The molecule has 0 bridgehead atoms. The third kappa shape index (κ3) is 5.15. The Morgan fingerprint density at radius 3 is 2.56 bits per heavy atom. The van der Waals surface area contributed by atoms with Gasteiger partial charge in [0, 0.05) is 17.3 Å². The third-order valence-corrected chi connectivity index (χ3v) is 7.00. The summed E-state index contributed by atoms with van der Waals surface area (Å²) in [5, 5.41) is 4.16. The smallest absolute Gasteiger partial charge is 0.252 e. The van der Waals surface area contributed by atoms with Crippen LogP contribution in [0.15, 0.2) is 64.5 Å². The molecule has 2 aromatic carbocycles. The molecule has 0 spiro atoms. The van der Waals surface area contributed by atoms with Gasteiger partial charge >= 0.3 is 0 Å². The molecular weight excluding hydrogens is 440 g/mol. The number of anilines is 1. The molecule has 0 aliphatic heterocycles. The van der Waals surface area contributed by atoms with Crippen LogP contribution in [0.5, 0.6) is 0 Å². The second-order valence-corrected chi connectivity index (χ2v) is 9.33. The number of carbonyl (C=O) groups is 1. The van der Waals surface area contributed by atoms with Gasteiger partial charge in [0.2, 0.25) is 5.91 Å². The first-order valence-electron chi connectivity index (χ1n) is 10.0. The monoisotopic (exact) mass is 462 g/mol. The van der Waals surface area contributed by atoms with Crippen LogP contribution in [0.3, 0.4) is 0 Å². The van der Waals surface area contributed by atoms with Crippen LogP contribution >= 0.6 is 23.1 Å². The topological polar surface area (TPSA) is 87.7 Å². The number of H-pyrrole nitrogens is 1. The lowest BCUT2D eigenvalue weighted by atomic mass is 10.1. The number of hydrogen-bond acceptors (Lipinski definition) is 6. The number of carbonyl (C=O) groups excluding carboxylic acids is 1. The molecule has 32 heavy (non-hydrogen) atoms. The highest BCUT2D eigenvalue weighted by Gasteiger charge is 2.15. The number of thioether (sulfide) groups is 1. The molecule has 0 fully saturated rings. The van der Waals surface area contributed by atoms with Crippen molar-refractivity contribution in [2.24, 2.45) is 0 Å². The summed E-state index contributed by atoms with van der Waals surface area (Å²) in [4.78, 5) is 37.4. The Kier molecular flexibility index (Phi) is 6.53. The second kappa shape index (κ2) is 9.50. The SMILES string of the molecule is Cc1ccc(NC(=O)CSc2nc(-c3sc(-c4ccccc4)nc3C)cc(=O)[nH]2)cc1C. The molecule has 0 atom stereocenters. The van der Waals surface area contributed by atoms with Crippen LogP contribution in [-0.2, 0) is 4.79 Å². The van der Waals surface area contributed by atoms with Gasteiger partial charge < -0.3 is 10.3 Å². The van der Waals surface area contributed by atoms with Gasteiger partial charge in [-0.1, -0.05) is 48.2 Å². The minimum absolute atomic E-state index is 0.135. The van der Waals surface area contributed by atoms with Gasteiger partial charge in [-0.25, -0.2) is 9.97 Å². The lowest BCUT2D eigenvalue weighted by Crippen LogP contribution is -2.15. The van der Waals surface area contributed by atoms with E-state index in [1.165, 1.54) is 34.7 Å². The maximum Gasteiger partial charge on any atom is 0.252 e. The predicted octanol–water partition coefficient (Wildman–Crippen LogP) is 5.22. The van der Waals surface area contributed by atoms with Crippen molar-refractivity contribution in [2.45, 2.75) is 25.9 Å². The summed E-state index contributed by atoms with van der Waals surface area (Å²) in [6.07, 6.45) is 0. The summed E-state index contributed by atoms with van der Waals surface area (Å²) in [6.45, 7) is 5.94. The van der Waals surface area contributed by atoms with Crippen LogP contribution in [-0.4, -0.2) is 26.6 Å². The number of amides is 1. The average Bonchev–Trinajstić information content (AvgIpc) is 3.17. The largest absolute Gasteiger partial charge is 0.325 e. The van der Waals surface area contributed by atoms with Crippen LogP contribution in [0.25, 0.3) is 21.1 Å². The van der Waals surface area contributed by atoms with Crippen molar-refractivity contribution in [3.63, 3.8) is 0 Å². The summed E-state index contributed by atoms with van der Waals surface area (Å²) in [6, 6.07) is 17.2. The molecule has 0 aliphatic rings. The zero-order chi connectivity index (χ0) is 22.7. The van der Waals surface area contributed by atoms with Gasteiger partial charge in [-0.2, -0.15) is 0 Å². The molecular formula is C24H22N4O2S2. The molecule has 2 heterocycles. The van der Waals surface area contributed by atoms with E-state index in [1.54, 1.807) is 0 Å². The maximum absolute atomic E-state index is 12.4. The minimum atomic E-state index is -0.263. The number of nitrogens with one attached hydrogen (secondary N) is 2. The highest BCUT2D eigenvalue weighted by atomic mass is 32.2. The van der Waals surface area contributed by atoms with E-state index in [9.17, 15) is 9.59 Å². The van der Waals surface area contributed by atoms with E-state index in [2.05, 4.69) is 20.3 Å². The summed E-state index contributed by atoms with van der Waals surface area (Å²) < 4.78 is 0. The lowest BCUT2D eigenvalue weighted by Gasteiger charge is -2.08. The highest BCUT2D eigenvalue weighted by molar-refractivity contribution is 7.99. The number of hydrogen-bond donors (Lipinski definition) is 2. The first-order valence-corrected chi connectivity index (χ1v) is 11.8. The lowest BCUT2D eigenvalue weighted by molar-refractivity contribution is -0.113. The fourth-order valence-corrected chi connectivity index (χ4v) is 4.82. The quantitative estimate of drug-likeness (QED) is 0.303. The second-order valence-electron chi connectivity index (χ2n) is 7.37. The van der Waals surface area contributed by atoms with Crippen molar-refractivity contribution in [3.8, 4) is 21.1 Å². The Bertz CT molecular complexity index is 1330. The molecule has 2 aromatic heterocycles. The number of nitrogens with zero attached hydrogens (tertiary/aromatic N) is 2. The van der Waals surface area contributed by atoms with Crippen LogP contribution in [0.2, 0.25) is 0 Å².